The monoisotopic (exact) mass is 365 g/mol. The second-order valence-corrected chi connectivity index (χ2v) is 7.41. The summed E-state index contributed by atoms with van der Waals surface area (Å²) in [5.41, 5.74) is 2.60. The summed E-state index contributed by atoms with van der Waals surface area (Å²) in [6.45, 7) is 5.02. The molecule has 0 saturated carbocycles. The molecule has 1 atom stereocenters. The predicted octanol–water partition coefficient (Wildman–Crippen LogP) is 3.11. The van der Waals surface area contributed by atoms with Crippen molar-refractivity contribution in [3.63, 3.8) is 0 Å². The van der Waals surface area contributed by atoms with E-state index in [0.29, 0.717) is 12.5 Å². The van der Waals surface area contributed by atoms with E-state index in [0.717, 1.165) is 45.6 Å². The van der Waals surface area contributed by atoms with Crippen LogP contribution in [-0.2, 0) is 11.2 Å². The van der Waals surface area contributed by atoms with Gasteiger partial charge in [-0.2, -0.15) is 0 Å². The Labute approximate surface area is 163 Å². The van der Waals surface area contributed by atoms with Crippen molar-refractivity contribution >= 4 is 5.91 Å². The number of benzene rings is 2. The number of nitrogens with zero attached hydrogens (tertiary/aromatic N) is 2. The molecule has 1 amide bonds. The van der Waals surface area contributed by atoms with Crippen LogP contribution >= 0.6 is 0 Å². The third-order valence-corrected chi connectivity index (χ3v) is 5.31. The molecule has 0 aromatic heterocycles. The predicted molar refractivity (Wildman–Crippen MR) is 111 cm³/mol. The third-order valence-electron chi connectivity index (χ3n) is 5.31. The number of aryl methyl sites for hydroxylation is 1. The van der Waals surface area contributed by atoms with Crippen molar-refractivity contribution in [1.82, 2.24) is 15.1 Å². The summed E-state index contributed by atoms with van der Waals surface area (Å²) in [5.74, 6) is 0.150. The maximum atomic E-state index is 12.1. The van der Waals surface area contributed by atoms with Crippen LogP contribution in [0.15, 0.2) is 60.7 Å². The Morgan fingerprint density at radius 3 is 2.48 bits per heavy atom. The first-order chi connectivity index (χ1) is 13.2. The summed E-state index contributed by atoms with van der Waals surface area (Å²) in [6, 6.07) is 21.4. The fourth-order valence-electron chi connectivity index (χ4n) is 3.72. The number of carbonyl (C=O) groups excluding carboxylic acids is 1. The molecule has 4 nitrogen and oxygen atoms in total. The lowest BCUT2D eigenvalue weighted by molar-refractivity contribution is -0.121. The lowest BCUT2D eigenvalue weighted by Gasteiger charge is -2.40. The highest BCUT2D eigenvalue weighted by molar-refractivity contribution is 5.76. The summed E-state index contributed by atoms with van der Waals surface area (Å²) in [5, 5.41) is 3.08. The molecule has 3 rings (SSSR count). The van der Waals surface area contributed by atoms with Gasteiger partial charge in [0.05, 0.1) is 0 Å². The standard InChI is InChI=1S/C23H31N3O/c1-25-17-18-26(22(19-25)21-11-6-3-7-12-21)16-8-15-24-23(27)14-13-20-9-4-2-5-10-20/h2-7,9-12,22H,8,13-19H2,1H3,(H,24,27)/t22-/m1/s1. The highest BCUT2D eigenvalue weighted by atomic mass is 16.1. The second kappa shape index (κ2) is 10.2. The SMILES string of the molecule is CN1CCN(CCCNC(=O)CCc2ccccc2)[C@@H](c2ccccc2)C1. The minimum Gasteiger partial charge on any atom is -0.356 e. The van der Waals surface area contributed by atoms with Gasteiger partial charge >= 0.3 is 0 Å². The van der Waals surface area contributed by atoms with Gasteiger partial charge in [-0.1, -0.05) is 60.7 Å². The lowest BCUT2D eigenvalue weighted by atomic mass is 10.0. The third kappa shape index (κ3) is 6.19. The van der Waals surface area contributed by atoms with Gasteiger partial charge in [-0.3, -0.25) is 9.69 Å². The van der Waals surface area contributed by atoms with Crippen LogP contribution in [0.3, 0.4) is 0 Å². The molecule has 4 heteroatoms. The Kier molecular flexibility index (Phi) is 7.43. The molecule has 1 saturated heterocycles. The van der Waals surface area contributed by atoms with Crippen LogP contribution in [0, 0.1) is 0 Å². The molecule has 2 aromatic carbocycles. The molecule has 1 fully saturated rings. The molecule has 0 radical (unpaired) electrons. The topological polar surface area (TPSA) is 35.6 Å². The number of hydrogen-bond acceptors (Lipinski definition) is 3. The van der Waals surface area contributed by atoms with Crippen LogP contribution in [0.1, 0.15) is 30.0 Å². The van der Waals surface area contributed by atoms with Gasteiger partial charge in [0.1, 0.15) is 0 Å². The van der Waals surface area contributed by atoms with Crippen molar-refractivity contribution in [3.05, 3.63) is 71.8 Å². The van der Waals surface area contributed by atoms with Crippen molar-refractivity contribution in [1.29, 1.82) is 0 Å². The van der Waals surface area contributed by atoms with E-state index in [1.165, 1.54) is 11.1 Å². The van der Waals surface area contributed by atoms with Gasteiger partial charge in [0, 0.05) is 45.2 Å². The molecule has 1 N–H and O–H groups in total. The van der Waals surface area contributed by atoms with E-state index in [-0.39, 0.29) is 5.91 Å². The molecule has 144 valence electrons. The molecule has 0 aliphatic carbocycles. The van der Waals surface area contributed by atoms with Crippen molar-refractivity contribution in [2.45, 2.75) is 25.3 Å². The fraction of sp³-hybridized carbons (Fsp3) is 0.435. The maximum absolute atomic E-state index is 12.1. The summed E-state index contributed by atoms with van der Waals surface area (Å²) in [4.78, 5) is 17.0. The summed E-state index contributed by atoms with van der Waals surface area (Å²) < 4.78 is 0. The minimum atomic E-state index is 0.150. The van der Waals surface area contributed by atoms with Crippen LogP contribution in [0.25, 0.3) is 0 Å². The summed E-state index contributed by atoms with van der Waals surface area (Å²) in [7, 11) is 2.19. The molecule has 1 aliphatic heterocycles. The zero-order valence-electron chi connectivity index (χ0n) is 16.3. The number of rotatable bonds is 8. The van der Waals surface area contributed by atoms with E-state index in [1.54, 1.807) is 0 Å². The van der Waals surface area contributed by atoms with E-state index in [4.69, 9.17) is 0 Å². The Hall–Kier alpha value is -2.17. The molecule has 1 aliphatic rings. The van der Waals surface area contributed by atoms with Gasteiger partial charge < -0.3 is 10.2 Å². The van der Waals surface area contributed by atoms with E-state index in [1.807, 2.05) is 18.2 Å². The number of amides is 1. The average Bonchev–Trinajstić information content (AvgIpc) is 2.72. The Morgan fingerprint density at radius 1 is 1.04 bits per heavy atom. The molecule has 2 aromatic rings. The molecule has 27 heavy (non-hydrogen) atoms. The van der Waals surface area contributed by atoms with Gasteiger partial charge in [-0.05, 0) is 31.0 Å². The number of nitrogens with one attached hydrogen (secondary N) is 1. The summed E-state index contributed by atoms with van der Waals surface area (Å²) >= 11 is 0. The highest BCUT2D eigenvalue weighted by Gasteiger charge is 2.25. The first-order valence-electron chi connectivity index (χ1n) is 10.0. The van der Waals surface area contributed by atoms with Crippen LogP contribution in [-0.4, -0.2) is 55.5 Å². The minimum absolute atomic E-state index is 0.150. The zero-order chi connectivity index (χ0) is 18.9. The van der Waals surface area contributed by atoms with Crippen LogP contribution in [0.4, 0.5) is 0 Å². The Bertz CT molecular complexity index is 689. The fourth-order valence-corrected chi connectivity index (χ4v) is 3.72. The van der Waals surface area contributed by atoms with Crippen LogP contribution in [0.2, 0.25) is 0 Å². The van der Waals surface area contributed by atoms with Crippen molar-refractivity contribution < 1.29 is 4.79 Å². The molecule has 1 heterocycles. The quantitative estimate of drug-likeness (QED) is 0.730. The number of likely N-dealkylation sites (N-methyl/N-ethyl adjacent to an activating group) is 1. The van der Waals surface area contributed by atoms with E-state index in [2.05, 4.69) is 64.6 Å². The van der Waals surface area contributed by atoms with Crippen molar-refractivity contribution in [2.24, 2.45) is 0 Å². The lowest BCUT2D eigenvalue weighted by Crippen LogP contribution is -2.47. The first kappa shape index (κ1) is 19.6. The van der Waals surface area contributed by atoms with E-state index in [9.17, 15) is 4.79 Å². The van der Waals surface area contributed by atoms with E-state index < -0.39 is 0 Å². The first-order valence-corrected chi connectivity index (χ1v) is 10.0. The molecule has 0 unspecified atom stereocenters. The number of hydrogen-bond donors (Lipinski definition) is 1. The normalized spacial score (nSPS) is 18.3. The zero-order valence-corrected chi connectivity index (χ0v) is 16.3. The van der Waals surface area contributed by atoms with E-state index >= 15 is 0 Å². The number of piperazine rings is 1. The van der Waals surface area contributed by atoms with Gasteiger partial charge in [-0.15, -0.1) is 0 Å². The van der Waals surface area contributed by atoms with Gasteiger partial charge in [-0.25, -0.2) is 0 Å². The largest absolute Gasteiger partial charge is 0.356 e. The van der Waals surface area contributed by atoms with Gasteiger partial charge in [0.2, 0.25) is 5.91 Å². The van der Waals surface area contributed by atoms with Crippen LogP contribution < -0.4 is 5.32 Å². The highest BCUT2D eigenvalue weighted by Crippen LogP contribution is 2.24. The average molecular weight is 366 g/mol. The van der Waals surface area contributed by atoms with Gasteiger partial charge in [0.15, 0.2) is 0 Å². The van der Waals surface area contributed by atoms with Crippen molar-refractivity contribution in [2.75, 3.05) is 39.8 Å². The number of carbonyl (C=O) groups is 1. The molecule has 0 spiro atoms. The molecular formula is C23H31N3O. The Morgan fingerprint density at radius 2 is 1.74 bits per heavy atom. The molecule has 0 bridgehead atoms. The van der Waals surface area contributed by atoms with Crippen LogP contribution in [0.5, 0.6) is 0 Å². The van der Waals surface area contributed by atoms with Gasteiger partial charge in [0.25, 0.3) is 0 Å². The molecular weight excluding hydrogens is 334 g/mol. The van der Waals surface area contributed by atoms with Crippen molar-refractivity contribution in [3.8, 4) is 0 Å². The Balaban J connectivity index is 1.40. The summed E-state index contributed by atoms with van der Waals surface area (Å²) in [6.07, 6.45) is 2.36. The smallest absolute Gasteiger partial charge is 0.220 e. The second-order valence-electron chi connectivity index (χ2n) is 7.41. The maximum Gasteiger partial charge on any atom is 0.220 e.